The second-order valence-electron chi connectivity index (χ2n) is 5.54. The molecule has 2 rings (SSSR count). The van der Waals surface area contributed by atoms with E-state index in [0.717, 1.165) is 19.0 Å². The van der Waals surface area contributed by atoms with Crippen LogP contribution >= 0.6 is 0 Å². The minimum atomic E-state index is 0.523. The van der Waals surface area contributed by atoms with Gasteiger partial charge in [0.15, 0.2) is 0 Å². The number of imidazole rings is 1. The molecule has 1 fully saturated rings. The molecule has 0 aliphatic heterocycles. The van der Waals surface area contributed by atoms with Crippen molar-refractivity contribution in [3.05, 3.63) is 18.2 Å². The van der Waals surface area contributed by atoms with Crippen LogP contribution in [0.25, 0.3) is 0 Å². The molecule has 1 saturated carbocycles. The molecule has 3 nitrogen and oxygen atoms in total. The molecule has 1 aliphatic carbocycles. The highest BCUT2D eigenvalue weighted by Gasteiger charge is 2.15. The first-order valence-corrected chi connectivity index (χ1v) is 6.99. The van der Waals surface area contributed by atoms with Crippen molar-refractivity contribution in [1.82, 2.24) is 14.9 Å². The highest BCUT2D eigenvalue weighted by atomic mass is 15.1. The molecule has 0 radical (unpaired) electrons. The molecular weight excluding hydrogens is 210 g/mol. The highest BCUT2D eigenvalue weighted by Crippen LogP contribution is 2.25. The number of rotatable bonds is 5. The minimum Gasteiger partial charge on any atom is -0.334 e. The maximum Gasteiger partial charge on any atom is 0.122 e. The van der Waals surface area contributed by atoms with Crippen LogP contribution in [-0.2, 0) is 13.1 Å². The van der Waals surface area contributed by atoms with Gasteiger partial charge in [-0.1, -0.05) is 33.1 Å². The van der Waals surface area contributed by atoms with Crippen molar-refractivity contribution in [1.29, 1.82) is 0 Å². The lowest BCUT2D eigenvalue weighted by Gasteiger charge is -2.23. The monoisotopic (exact) mass is 235 g/mol. The van der Waals surface area contributed by atoms with Gasteiger partial charge >= 0.3 is 0 Å². The third-order valence-corrected chi connectivity index (χ3v) is 3.65. The van der Waals surface area contributed by atoms with Crippen molar-refractivity contribution >= 4 is 0 Å². The summed E-state index contributed by atoms with van der Waals surface area (Å²) in [4.78, 5) is 4.45. The molecule has 0 spiro atoms. The van der Waals surface area contributed by atoms with Gasteiger partial charge in [0.05, 0.1) is 6.54 Å². The SMILES string of the molecule is CC(C)NCc1nccn1CC1CCCCC1. The second-order valence-corrected chi connectivity index (χ2v) is 5.54. The van der Waals surface area contributed by atoms with Crippen molar-refractivity contribution < 1.29 is 0 Å². The molecule has 1 heterocycles. The first-order chi connectivity index (χ1) is 8.25. The van der Waals surface area contributed by atoms with Crippen molar-refractivity contribution in [2.24, 2.45) is 5.92 Å². The third-order valence-electron chi connectivity index (χ3n) is 3.65. The first-order valence-electron chi connectivity index (χ1n) is 6.99. The molecule has 1 aliphatic rings. The van der Waals surface area contributed by atoms with Gasteiger partial charge in [0.25, 0.3) is 0 Å². The maximum absolute atomic E-state index is 4.45. The van der Waals surface area contributed by atoms with E-state index in [9.17, 15) is 0 Å². The molecule has 0 saturated heterocycles. The summed E-state index contributed by atoms with van der Waals surface area (Å²) in [5, 5.41) is 3.44. The van der Waals surface area contributed by atoms with E-state index in [-0.39, 0.29) is 0 Å². The average molecular weight is 235 g/mol. The van der Waals surface area contributed by atoms with Crippen LogP contribution in [0, 0.1) is 5.92 Å². The molecule has 96 valence electrons. The van der Waals surface area contributed by atoms with Gasteiger partial charge in [0.1, 0.15) is 5.82 Å². The molecular formula is C14H25N3. The Morgan fingerprint density at radius 1 is 1.35 bits per heavy atom. The van der Waals surface area contributed by atoms with Gasteiger partial charge in [-0.2, -0.15) is 0 Å². The normalized spacial score (nSPS) is 17.8. The molecule has 1 N–H and O–H groups in total. The quantitative estimate of drug-likeness (QED) is 0.850. The highest BCUT2D eigenvalue weighted by molar-refractivity contribution is 4.93. The van der Waals surface area contributed by atoms with Crippen LogP contribution in [0.15, 0.2) is 12.4 Å². The molecule has 1 aromatic heterocycles. The van der Waals surface area contributed by atoms with Gasteiger partial charge in [0, 0.05) is 25.0 Å². The molecule has 3 heteroatoms. The van der Waals surface area contributed by atoms with Gasteiger partial charge in [-0.25, -0.2) is 4.98 Å². The summed E-state index contributed by atoms with van der Waals surface area (Å²) in [6.07, 6.45) is 11.1. The zero-order chi connectivity index (χ0) is 12.1. The number of hydrogen-bond acceptors (Lipinski definition) is 2. The molecule has 0 unspecified atom stereocenters. The van der Waals surface area contributed by atoms with Gasteiger partial charge in [-0.3, -0.25) is 0 Å². The van der Waals surface area contributed by atoms with Crippen molar-refractivity contribution in [3.8, 4) is 0 Å². The molecule has 1 aromatic rings. The van der Waals surface area contributed by atoms with E-state index >= 15 is 0 Å². The van der Waals surface area contributed by atoms with E-state index < -0.39 is 0 Å². The molecule has 0 atom stereocenters. The fourth-order valence-corrected chi connectivity index (χ4v) is 2.62. The Morgan fingerprint density at radius 3 is 2.82 bits per heavy atom. The zero-order valence-electron chi connectivity index (χ0n) is 11.2. The zero-order valence-corrected chi connectivity index (χ0v) is 11.2. The Balaban J connectivity index is 1.88. The summed E-state index contributed by atoms with van der Waals surface area (Å²) in [6.45, 7) is 6.40. The standard InChI is InChI=1S/C14H25N3/c1-12(2)16-10-14-15-8-9-17(14)11-13-6-4-3-5-7-13/h8-9,12-13,16H,3-7,10-11H2,1-2H3. The number of hydrogen-bond donors (Lipinski definition) is 1. The summed E-state index contributed by atoms with van der Waals surface area (Å²) >= 11 is 0. The van der Waals surface area contributed by atoms with Crippen LogP contribution in [0.1, 0.15) is 51.8 Å². The molecule has 17 heavy (non-hydrogen) atoms. The second kappa shape index (κ2) is 6.20. The summed E-state index contributed by atoms with van der Waals surface area (Å²) in [6, 6.07) is 0.523. The summed E-state index contributed by atoms with van der Waals surface area (Å²) in [5.74, 6) is 2.06. The van der Waals surface area contributed by atoms with Gasteiger partial charge in [-0.15, -0.1) is 0 Å². The van der Waals surface area contributed by atoms with Crippen LogP contribution in [0.2, 0.25) is 0 Å². The molecule has 0 aromatic carbocycles. The Morgan fingerprint density at radius 2 is 2.12 bits per heavy atom. The smallest absolute Gasteiger partial charge is 0.122 e. The Bertz CT molecular complexity index is 324. The molecule has 0 bridgehead atoms. The lowest BCUT2D eigenvalue weighted by Crippen LogP contribution is -2.25. The lowest BCUT2D eigenvalue weighted by molar-refractivity contribution is 0.314. The third kappa shape index (κ3) is 3.84. The first kappa shape index (κ1) is 12.6. The van der Waals surface area contributed by atoms with Crippen LogP contribution in [0.4, 0.5) is 0 Å². The summed E-state index contributed by atoms with van der Waals surface area (Å²) in [5.41, 5.74) is 0. The van der Waals surface area contributed by atoms with Gasteiger partial charge < -0.3 is 9.88 Å². The Hall–Kier alpha value is -0.830. The largest absolute Gasteiger partial charge is 0.334 e. The van der Waals surface area contributed by atoms with E-state index in [0.29, 0.717) is 6.04 Å². The van der Waals surface area contributed by atoms with E-state index in [1.807, 2.05) is 6.20 Å². The van der Waals surface area contributed by atoms with Crippen molar-refractivity contribution in [2.45, 2.75) is 65.1 Å². The van der Waals surface area contributed by atoms with E-state index in [1.54, 1.807) is 0 Å². The average Bonchev–Trinajstić information content (AvgIpc) is 2.75. The van der Waals surface area contributed by atoms with Crippen molar-refractivity contribution in [3.63, 3.8) is 0 Å². The molecule has 0 amide bonds. The van der Waals surface area contributed by atoms with Crippen LogP contribution in [0.5, 0.6) is 0 Å². The summed E-state index contributed by atoms with van der Waals surface area (Å²) in [7, 11) is 0. The lowest BCUT2D eigenvalue weighted by atomic mass is 9.89. The van der Waals surface area contributed by atoms with E-state index in [2.05, 4.69) is 34.9 Å². The number of nitrogens with zero attached hydrogens (tertiary/aromatic N) is 2. The Labute approximate surface area is 105 Å². The Kier molecular flexibility index (Phi) is 4.60. The van der Waals surface area contributed by atoms with Crippen LogP contribution in [-0.4, -0.2) is 15.6 Å². The van der Waals surface area contributed by atoms with E-state index in [4.69, 9.17) is 0 Å². The van der Waals surface area contributed by atoms with E-state index in [1.165, 1.54) is 37.9 Å². The number of nitrogens with one attached hydrogen (secondary N) is 1. The minimum absolute atomic E-state index is 0.523. The summed E-state index contributed by atoms with van der Waals surface area (Å²) < 4.78 is 2.34. The van der Waals surface area contributed by atoms with Gasteiger partial charge in [0.2, 0.25) is 0 Å². The van der Waals surface area contributed by atoms with Crippen molar-refractivity contribution in [2.75, 3.05) is 0 Å². The predicted molar refractivity (Wildman–Crippen MR) is 70.8 cm³/mol. The maximum atomic E-state index is 4.45. The topological polar surface area (TPSA) is 29.9 Å². The fourth-order valence-electron chi connectivity index (χ4n) is 2.62. The number of aromatic nitrogens is 2. The fraction of sp³-hybridized carbons (Fsp3) is 0.786. The van der Waals surface area contributed by atoms with Crippen LogP contribution < -0.4 is 5.32 Å². The predicted octanol–water partition coefficient (Wildman–Crippen LogP) is 2.96. The van der Waals surface area contributed by atoms with Gasteiger partial charge in [-0.05, 0) is 18.8 Å². The van der Waals surface area contributed by atoms with Crippen LogP contribution in [0.3, 0.4) is 0 Å².